The number of rotatable bonds is 10. The molecule has 21 heteroatoms. The lowest BCUT2D eigenvalue weighted by atomic mass is 9.95. The van der Waals surface area contributed by atoms with Crippen LogP contribution in [0.3, 0.4) is 0 Å². The van der Waals surface area contributed by atoms with Crippen molar-refractivity contribution in [2.75, 3.05) is 13.2 Å². The molecule has 2 saturated heterocycles. The third-order valence-corrected chi connectivity index (χ3v) is 8.54. The molecule has 2 aliphatic heterocycles. The second kappa shape index (κ2) is 18.1. The van der Waals surface area contributed by atoms with Gasteiger partial charge in [-0.25, -0.2) is 24.4 Å². The molecule has 0 amide bonds. The number of esters is 1. The van der Waals surface area contributed by atoms with Crippen LogP contribution in [0.5, 0.6) is 0 Å². The standard InChI is InChI=1S/C17H22I2N4O6.C11H14IN3O5/c1-9(2)12(21-8-19)14(25)29-13-10(6-24)28-15(17(13,3)27)23-5-4-11(20-7-18)22-16(23)26;1-11(19)8(17)6(4-16)20-9(11)15-3-2-7(13-5-12)14-10(15)18/h4-5,7-10,12-13,15,24,27H,6H2,1-3H3;2-3,5-6,8-9,16-17,19H,4H2,1H3/t10-,12?,13+,15-,17?;6-,8+,9-,11?/m11/s1. The third-order valence-electron chi connectivity index (χ3n) is 7.66. The van der Waals surface area contributed by atoms with E-state index in [-0.39, 0.29) is 17.6 Å². The van der Waals surface area contributed by atoms with Gasteiger partial charge in [-0.2, -0.15) is 9.97 Å². The summed E-state index contributed by atoms with van der Waals surface area (Å²) in [5.74, 6) is -0.353. The topological polar surface area (TPSA) is 253 Å². The molecule has 3 unspecified atom stereocenters. The zero-order valence-electron chi connectivity index (χ0n) is 26.5. The smallest absolute Gasteiger partial charge is 0.351 e. The summed E-state index contributed by atoms with van der Waals surface area (Å²) in [5, 5.41) is 50.0. The maximum absolute atomic E-state index is 12.6. The Balaban J connectivity index is 0.000000284. The van der Waals surface area contributed by atoms with Crippen LogP contribution in [0.15, 0.2) is 49.1 Å². The van der Waals surface area contributed by atoms with Crippen molar-refractivity contribution in [3.8, 4) is 0 Å². The molecule has 4 heterocycles. The van der Waals surface area contributed by atoms with Crippen molar-refractivity contribution in [3.63, 3.8) is 0 Å². The Morgan fingerprint density at radius 1 is 0.918 bits per heavy atom. The van der Waals surface area contributed by atoms with Gasteiger partial charge in [0.2, 0.25) is 0 Å². The number of ether oxygens (including phenoxy) is 3. The van der Waals surface area contributed by atoms with Gasteiger partial charge in [-0.1, -0.05) is 13.8 Å². The first-order chi connectivity index (χ1) is 23.1. The molecule has 0 bridgehead atoms. The molecular formula is C28H36I3N7O11. The van der Waals surface area contributed by atoms with Crippen LogP contribution in [0.4, 0.5) is 11.6 Å². The van der Waals surface area contributed by atoms with E-state index in [0.29, 0.717) is 0 Å². The number of aromatic nitrogens is 4. The summed E-state index contributed by atoms with van der Waals surface area (Å²) in [7, 11) is 0. The first-order valence-electron chi connectivity index (χ1n) is 14.5. The molecule has 0 aromatic carbocycles. The van der Waals surface area contributed by atoms with E-state index in [1.807, 2.05) is 81.6 Å². The summed E-state index contributed by atoms with van der Waals surface area (Å²) in [6, 6.07) is 2.19. The van der Waals surface area contributed by atoms with Gasteiger partial charge in [-0.05, 0) is 99.7 Å². The summed E-state index contributed by atoms with van der Waals surface area (Å²) >= 11 is 5.71. The minimum absolute atomic E-state index is 0.137. The number of carbonyl (C=O) groups is 1. The van der Waals surface area contributed by atoms with Crippen LogP contribution in [-0.4, -0.2) is 118 Å². The summed E-state index contributed by atoms with van der Waals surface area (Å²) in [6.07, 6.45) is -4.12. The van der Waals surface area contributed by atoms with Gasteiger partial charge in [0, 0.05) is 12.4 Å². The number of aliphatic hydroxyl groups is 5. The zero-order chi connectivity index (χ0) is 36.7. The van der Waals surface area contributed by atoms with Crippen LogP contribution < -0.4 is 11.4 Å². The van der Waals surface area contributed by atoms with E-state index in [1.54, 1.807) is 0 Å². The fourth-order valence-corrected chi connectivity index (χ4v) is 6.05. The predicted octanol–water partition coefficient (Wildman–Crippen LogP) is 0.718. The lowest BCUT2D eigenvalue weighted by Gasteiger charge is -2.30. The van der Waals surface area contributed by atoms with Gasteiger partial charge in [0.05, 0.1) is 25.9 Å². The Morgan fingerprint density at radius 2 is 1.39 bits per heavy atom. The molecule has 0 aliphatic carbocycles. The van der Waals surface area contributed by atoms with Gasteiger partial charge in [-0.3, -0.25) is 14.1 Å². The Labute approximate surface area is 320 Å². The van der Waals surface area contributed by atoms with Crippen molar-refractivity contribution in [2.45, 2.75) is 81.8 Å². The molecule has 9 atom stereocenters. The van der Waals surface area contributed by atoms with Crippen LogP contribution in [0.2, 0.25) is 0 Å². The molecule has 0 saturated carbocycles. The van der Waals surface area contributed by atoms with E-state index in [9.17, 15) is 34.8 Å². The Hall–Kier alpha value is -1.85. The molecule has 2 fully saturated rings. The molecule has 2 aliphatic rings. The van der Waals surface area contributed by atoms with Gasteiger partial charge >= 0.3 is 17.3 Å². The fraction of sp³-hybridized carbons (Fsp3) is 0.571. The lowest BCUT2D eigenvalue weighted by Crippen LogP contribution is -2.49. The lowest BCUT2D eigenvalue weighted by molar-refractivity contribution is -0.166. The van der Waals surface area contributed by atoms with Gasteiger partial charge in [0.15, 0.2) is 30.2 Å². The highest BCUT2D eigenvalue weighted by atomic mass is 127. The van der Waals surface area contributed by atoms with Crippen molar-refractivity contribution >= 4 is 98.0 Å². The number of aliphatic imine (C=N–C) groups is 3. The van der Waals surface area contributed by atoms with Crippen molar-refractivity contribution in [1.29, 1.82) is 0 Å². The summed E-state index contributed by atoms with van der Waals surface area (Å²) in [5.41, 5.74) is -4.89. The predicted molar refractivity (Wildman–Crippen MR) is 202 cm³/mol. The monoisotopic (exact) mass is 1030 g/mol. The Kier molecular flexibility index (Phi) is 15.3. The van der Waals surface area contributed by atoms with E-state index in [0.717, 1.165) is 9.13 Å². The maximum Gasteiger partial charge on any atom is 0.351 e. The molecule has 5 N–H and O–H groups in total. The van der Waals surface area contributed by atoms with E-state index >= 15 is 0 Å². The number of nitrogens with zero attached hydrogens (tertiary/aromatic N) is 7. The minimum atomic E-state index is -1.81. The SMILES string of the molecule is CC(C)C(N=CI)C(=O)O[C@H]1[C@@H](CO)O[C@@H](n2ccc(N=CI)nc2=O)C1(C)O.CC1(O)[C@@H](O)[C@@H](CO)O[C@H]1n1ccc(N=CI)nc1=O. The van der Waals surface area contributed by atoms with Crippen molar-refractivity contribution < 1.29 is 44.5 Å². The average Bonchev–Trinajstić information content (AvgIpc) is 3.43. The van der Waals surface area contributed by atoms with E-state index in [2.05, 4.69) is 24.9 Å². The summed E-state index contributed by atoms with van der Waals surface area (Å²) < 4.78 is 23.1. The summed E-state index contributed by atoms with van der Waals surface area (Å²) in [4.78, 5) is 56.4. The summed E-state index contributed by atoms with van der Waals surface area (Å²) in [6.45, 7) is 5.35. The third kappa shape index (κ3) is 9.53. The van der Waals surface area contributed by atoms with Crippen LogP contribution >= 0.6 is 67.8 Å². The normalized spacial score (nSPS) is 30.7. The fourth-order valence-electron chi connectivity index (χ4n) is 5.13. The van der Waals surface area contributed by atoms with Gasteiger partial charge < -0.3 is 39.7 Å². The molecule has 0 radical (unpaired) electrons. The maximum atomic E-state index is 12.6. The number of hydrogen-bond acceptors (Lipinski definition) is 16. The first kappa shape index (κ1) is 41.6. The van der Waals surface area contributed by atoms with Gasteiger partial charge in [-0.15, -0.1) is 0 Å². The molecule has 0 spiro atoms. The molecule has 4 rings (SSSR count). The minimum Gasteiger partial charge on any atom is -0.455 e. The number of hydrogen-bond donors (Lipinski definition) is 5. The highest BCUT2D eigenvalue weighted by Gasteiger charge is 2.57. The molecule has 18 nitrogen and oxygen atoms in total. The van der Waals surface area contributed by atoms with E-state index in [4.69, 9.17) is 19.3 Å². The highest BCUT2D eigenvalue weighted by Crippen LogP contribution is 2.40. The average molecular weight is 1030 g/mol. The van der Waals surface area contributed by atoms with E-state index in [1.165, 1.54) is 51.0 Å². The van der Waals surface area contributed by atoms with Crippen molar-refractivity contribution in [2.24, 2.45) is 20.9 Å². The van der Waals surface area contributed by atoms with Crippen molar-refractivity contribution in [1.82, 2.24) is 19.1 Å². The van der Waals surface area contributed by atoms with Gasteiger partial charge in [0.1, 0.15) is 35.6 Å². The molecular weight excluding hydrogens is 991 g/mol. The van der Waals surface area contributed by atoms with Crippen LogP contribution in [0.1, 0.15) is 40.2 Å². The Bertz CT molecular complexity index is 1650. The number of halogens is 3. The quantitative estimate of drug-likeness (QED) is 0.125. The number of aliphatic hydroxyl groups excluding tert-OH is 3. The molecule has 2 aromatic heterocycles. The van der Waals surface area contributed by atoms with Crippen LogP contribution in [0.25, 0.3) is 0 Å². The highest BCUT2D eigenvalue weighted by molar-refractivity contribution is 14.1. The van der Waals surface area contributed by atoms with Gasteiger partial charge in [0.25, 0.3) is 0 Å². The second-order valence-corrected chi connectivity index (χ2v) is 13.2. The first-order valence-corrected chi connectivity index (χ1v) is 18.2. The number of carbonyl (C=O) groups excluding carboxylic acids is 1. The Morgan fingerprint density at radius 3 is 1.78 bits per heavy atom. The molecule has 2 aromatic rings. The molecule has 49 heavy (non-hydrogen) atoms. The van der Waals surface area contributed by atoms with E-state index < -0.39 is 84.7 Å². The zero-order valence-corrected chi connectivity index (χ0v) is 33.0. The van der Waals surface area contributed by atoms with Crippen LogP contribution in [-0.2, 0) is 19.0 Å². The van der Waals surface area contributed by atoms with Crippen molar-refractivity contribution in [3.05, 3.63) is 45.5 Å². The second-order valence-electron chi connectivity index (χ2n) is 11.5. The largest absolute Gasteiger partial charge is 0.455 e. The van der Waals surface area contributed by atoms with Crippen LogP contribution in [0, 0.1) is 5.92 Å². The molecule has 270 valence electrons.